The van der Waals surface area contributed by atoms with Crippen molar-refractivity contribution in [2.45, 2.75) is 58.7 Å². The summed E-state index contributed by atoms with van der Waals surface area (Å²) < 4.78 is 17.9. The molecule has 2 N–H and O–H groups in total. The van der Waals surface area contributed by atoms with Gasteiger partial charge in [0.25, 0.3) is 0 Å². The number of H-pyrrole nitrogens is 1. The molecule has 252 valence electrons. The summed E-state index contributed by atoms with van der Waals surface area (Å²) >= 11 is 0. The normalized spacial score (nSPS) is 15.3. The number of fused-ring (bicyclic) bond motifs is 1. The molecule has 9 heteroatoms. The van der Waals surface area contributed by atoms with Crippen LogP contribution in [0.5, 0.6) is 5.75 Å². The number of imidazole rings is 1. The molecule has 1 fully saturated rings. The van der Waals surface area contributed by atoms with Gasteiger partial charge in [0, 0.05) is 75.4 Å². The molecule has 5 rings (SSSR count). The zero-order valence-corrected chi connectivity index (χ0v) is 29.0. The second-order valence-electron chi connectivity index (χ2n) is 13.1. The molecule has 0 bridgehead atoms. The number of hydrogen-bond acceptors (Lipinski definition) is 7. The van der Waals surface area contributed by atoms with Crippen LogP contribution in [0, 0.1) is 0 Å². The molecule has 1 aromatic heterocycles. The van der Waals surface area contributed by atoms with Crippen molar-refractivity contribution in [3.05, 3.63) is 72.3 Å². The maximum absolute atomic E-state index is 6.01. The van der Waals surface area contributed by atoms with Crippen LogP contribution < -0.4 is 15.0 Å². The van der Waals surface area contributed by atoms with Crippen LogP contribution in [0.3, 0.4) is 0 Å². The summed E-state index contributed by atoms with van der Waals surface area (Å²) in [6.07, 6.45) is 2.85. The first kappa shape index (κ1) is 34.4. The zero-order chi connectivity index (χ0) is 33.2. The van der Waals surface area contributed by atoms with Gasteiger partial charge in [0.1, 0.15) is 17.4 Å². The van der Waals surface area contributed by atoms with E-state index in [1.165, 1.54) is 5.69 Å². The number of aliphatic imine (C=N–C) groups is 1. The molecule has 4 aromatic rings. The third-order valence-corrected chi connectivity index (χ3v) is 8.70. The van der Waals surface area contributed by atoms with Crippen molar-refractivity contribution in [2.24, 2.45) is 4.99 Å². The Hall–Kier alpha value is -3.92. The highest BCUT2D eigenvalue weighted by atomic mass is 16.5. The third-order valence-electron chi connectivity index (χ3n) is 8.70. The summed E-state index contributed by atoms with van der Waals surface area (Å²) in [6.45, 7) is 14.8. The Balaban J connectivity index is 1.12. The van der Waals surface area contributed by atoms with Crippen LogP contribution in [-0.4, -0.2) is 92.5 Å². The molecule has 0 amide bonds. The average molecular weight is 641 g/mol. The van der Waals surface area contributed by atoms with Gasteiger partial charge in [-0.15, -0.1) is 0 Å². The van der Waals surface area contributed by atoms with E-state index < -0.39 is 0 Å². The molecule has 1 saturated heterocycles. The van der Waals surface area contributed by atoms with Gasteiger partial charge < -0.3 is 34.3 Å². The van der Waals surface area contributed by atoms with Crippen LogP contribution in [0.2, 0.25) is 0 Å². The van der Waals surface area contributed by atoms with E-state index in [2.05, 4.69) is 96.2 Å². The number of nitrogens with zero attached hydrogens (tertiary/aromatic N) is 4. The molecule has 1 unspecified atom stereocenters. The van der Waals surface area contributed by atoms with Crippen LogP contribution in [-0.2, 0) is 9.47 Å². The van der Waals surface area contributed by atoms with Crippen LogP contribution in [0.15, 0.2) is 71.7 Å². The highest BCUT2D eigenvalue weighted by molar-refractivity contribution is 6.09. The van der Waals surface area contributed by atoms with E-state index in [-0.39, 0.29) is 11.7 Å². The van der Waals surface area contributed by atoms with E-state index in [1.54, 1.807) is 0 Å². The molecular weight excluding hydrogens is 588 g/mol. The number of rotatable bonds is 15. The molecule has 0 spiro atoms. The Bertz CT molecular complexity index is 1570. The lowest BCUT2D eigenvalue weighted by atomic mass is 10.1. The van der Waals surface area contributed by atoms with Gasteiger partial charge in [-0.25, -0.2) is 4.98 Å². The van der Waals surface area contributed by atoms with Gasteiger partial charge in [0.05, 0.1) is 29.3 Å². The van der Waals surface area contributed by atoms with Crippen molar-refractivity contribution in [2.75, 3.05) is 70.3 Å². The smallest absolute Gasteiger partial charge is 0.138 e. The van der Waals surface area contributed by atoms with Gasteiger partial charge in [-0.05, 0) is 107 Å². The van der Waals surface area contributed by atoms with E-state index in [0.29, 0.717) is 13.2 Å². The van der Waals surface area contributed by atoms with Crippen molar-refractivity contribution in [3.63, 3.8) is 0 Å². The topological polar surface area (TPSA) is 87.2 Å². The van der Waals surface area contributed by atoms with Crippen molar-refractivity contribution in [3.8, 4) is 17.1 Å². The molecule has 0 radical (unpaired) electrons. The predicted octanol–water partition coefficient (Wildman–Crippen LogP) is 7.24. The lowest BCUT2D eigenvalue weighted by molar-refractivity contribution is -0.0504. The van der Waals surface area contributed by atoms with Gasteiger partial charge >= 0.3 is 0 Å². The first-order chi connectivity index (χ1) is 22.7. The standard InChI is InChI=1S/C38H52N6O3/c1-7-24-47-38(3,4)19-26-45-28(2)18-25-46-33-15-8-29(9-16-33)37-41-34-17-10-30(27-35(34)42-37)36(39-5)40-31-11-13-32(14-12-31)44-22-20-43(6)21-23-44/h8-17,27-28H,7,18-26H2,1-6H3,(H,39,40)(H,41,42). The second kappa shape index (κ2) is 16.3. The van der Waals surface area contributed by atoms with Crippen LogP contribution >= 0.6 is 0 Å². The van der Waals surface area contributed by atoms with Gasteiger partial charge in [0.2, 0.25) is 0 Å². The first-order valence-electron chi connectivity index (χ1n) is 17.0. The molecule has 0 aliphatic carbocycles. The SMILES string of the molecule is CCCOC(C)(C)CCOC(C)CCOc1ccc(-c2nc3ccc(C(=NC)Nc4ccc(N5CCN(C)CC5)cc4)cc3[nH]2)cc1. The minimum Gasteiger partial charge on any atom is -0.493 e. The molecule has 1 aliphatic rings. The average Bonchev–Trinajstić information content (AvgIpc) is 3.51. The predicted molar refractivity (Wildman–Crippen MR) is 194 cm³/mol. The van der Waals surface area contributed by atoms with Crippen molar-refractivity contribution < 1.29 is 14.2 Å². The number of piperazine rings is 1. The number of nitrogens with one attached hydrogen (secondary N) is 2. The number of aromatic nitrogens is 2. The lowest BCUT2D eigenvalue weighted by Gasteiger charge is -2.34. The largest absolute Gasteiger partial charge is 0.493 e. The molecule has 47 heavy (non-hydrogen) atoms. The maximum atomic E-state index is 6.01. The lowest BCUT2D eigenvalue weighted by Crippen LogP contribution is -2.44. The number of anilines is 2. The fourth-order valence-electron chi connectivity index (χ4n) is 5.60. The van der Waals surface area contributed by atoms with E-state index >= 15 is 0 Å². The minimum absolute atomic E-state index is 0.123. The Morgan fingerprint density at radius 1 is 0.979 bits per heavy atom. The highest BCUT2D eigenvalue weighted by Gasteiger charge is 2.18. The quantitative estimate of drug-likeness (QED) is 0.105. The summed E-state index contributed by atoms with van der Waals surface area (Å²) in [5.74, 6) is 2.46. The van der Waals surface area contributed by atoms with Crippen molar-refractivity contribution in [1.29, 1.82) is 0 Å². The second-order valence-corrected chi connectivity index (χ2v) is 13.1. The van der Waals surface area contributed by atoms with Gasteiger partial charge in [-0.2, -0.15) is 0 Å². The number of hydrogen-bond donors (Lipinski definition) is 2. The monoisotopic (exact) mass is 640 g/mol. The maximum Gasteiger partial charge on any atom is 0.138 e. The molecule has 9 nitrogen and oxygen atoms in total. The third kappa shape index (κ3) is 9.79. The summed E-state index contributed by atoms with van der Waals surface area (Å²) in [5.41, 5.74) is 5.98. The molecular formula is C38H52N6O3. The fraction of sp³-hybridized carbons (Fsp3) is 0.474. The minimum atomic E-state index is -0.155. The van der Waals surface area contributed by atoms with Gasteiger partial charge in [-0.1, -0.05) is 6.92 Å². The van der Waals surface area contributed by atoms with Gasteiger partial charge in [-0.3, -0.25) is 4.99 Å². The molecule has 0 saturated carbocycles. The molecule has 3 aromatic carbocycles. The van der Waals surface area contributed by atoms with E-state index in [4.69, 9.17) is 19.2 Å². The summed E-state index contributed by atoms with van der Waals surface area (Å²) in [5, 5.41) is 3.50. The Morgan fingerprint density at radius 3 is 2.43 bits per heavy atom. The van der Waals surface area contributed by atoms with Crippen LogP contribution in [0.25, 0.3) is 22.4 Å². The van der Waals surface area contributed by atoms with Gasteiger partial charge in [0.15, 0.2) is 0 Å². The van der Waals surface area contributed by atoms with Crippen LogP contribution in [0.1, 0.15) is 52.5 Å². The number of aromatic amines is 1. The number of ether oxygens (including phenoxy) is 3. The number of benzene rings is 3. The molecule has 1 atom stereocenters. The molecule has 1 aliphatic heterocycles. The van der Waals surface area contributed by atoms with E-state index in [9.17, 15) is 0 Å². The Labute approximate surface area is 280 Å². The fourth-order valence-corrected chi connectivity index (χ4v) is 5.60. The first-order valence-corrected chi connectivity index (χ1v) is 17.0. The summed E-state index contributed by atoms with van der Waals surface area (Å²) in [4.78, 5) is 17.7. The number of amidine groups is 1. The summed E-state index contributed by atoms with van der Waals surface area (Å²) in [6, 6.07) is 22.9. The molecule has 2 heterocycles. The number of likely N-dealkylation sites (N-methyl/N-ethyl adjacent to an activating group) is 1. The Morgan fingerprint density at radius 2 is 1.72 bits per heavy atom. The van der Waals surface area contributed by atoms with Crippen LogP contribution in [0.4, 0.5) is 11.4 Å². The van der Waals surface area contributed by atoms with Crippen molar-refractivity contribution in [1.82, 2.24) is 14.9 Å². The Kier molecular flexibility index (Phi) is 11.9. The zero-order valence-electron chi connectivity index (χ0n) is 29.0. The van der Waals surface area contributed by atoms with E-state index in [0.717, 1.165) is 97.3 Å². The van der Waals surface area contributed by atoms with E-state index in [1.807, 2.05) is 37.4 Å². The van der Waals surface area contributed by atoms with Crippen molar-refractivity contribution >= 4 is 28.2 Å². The highest BCUT2D eigenvalue weighted by Crippen LogP contribution is 2.25. The summed E-state index contributed by atoms with van der Waals surface area (Å²) in [7, 11) is 3.99.